The summed E-state index contributed by atoms with van der Waals surface area (Å²) in [6.07, 6.45) is 1.13. The Morgan fingerprint density at radius 2 is 2.00 bits per heavy atom. The van der Waals surface area contributed by atoms with Gasteiger partial charge in [0.05, 0.1) is 6.61 Å². The summed E-state index contributed by atoms with van der Waals surface area (Å²) >= 11 is 0. The molecule has 0 spiro atoms. The van der Waals surface area contributed by atoms with E-state index in [1.54, 1.807) is 7.05 Å². The molecule has 102 valence electrons. The summed E-state index contributed by atoms with van der Waals surface area (Å²) in [7, 11) is 3.76. The van der Waals surface area contributed by atoms with Crippen molar-refractivity contribution in [3.63, 3.8) is 0 Å². The molecule has 0 aliphatic carbocycles. The average molecular weight is 253 g/mol. The molecule has 1 rings (SSSR count). The van der Waals surface area contributed by atoms with E-state index in [-0.39, 0.29) is 0 Å². The molecule has 1 N–H and O–H groups in total. The Morgan fingerprint density at radius 3 is 2.56 bits per heavy atom. The first-order valence-electron chi connectivity index (χ1n) is 6.38. The second kappa shape index (κ2) is 6.98. The number of anilines is 2. The van der Waals surface area contributed by atoms with Gasteiger partial charge in [0, 0.05) is 20.6 Å². The molecule has 0 radical (unpaired) electrons. The highest BCUT2D eigenvalue weighted by molar-refractivity contribution is 5.37. The van der Waals surface area contributed by atoms with Crippen LogP contribution in [0.2, 0.25) is 0 Å². The van der Waals surface area contributed by atoms with Crippen LogP contribution < -0.4 is 15.0 Å². The van der Waals surface area contributed by atoms with Crippen LogP contribution in [0.3, 0.4) is 0 Å². The molecule has 1 unspecified atom stereocenters. The summed E-state index contributed by atoms with van der Waals surface area (Å²) in [4.78, 5) is 14.8. The van der Waals surface area contributed by atoms with E-state index in [0.29, 0.717) is 30.4 Å². The van der Waals surface area contributed by atoms with Crippen molar-refractivity contribution in [2.24, 2.45) is 5.92 Å². The van der Waals surface area contributed by atoms with Crippen LogP contribution in [0.4, 0.5) is 11.9 Å². The van der Waals surface area contributed by atoms with Crippen molar-refractivity contribution in [2.45, 2.75) is 27.2 Å². The van der Waals surface area contributed by atoms with Gasteiger partial charge in [-0.3, -0.25) is 0 Å². The Balaban J connectivity index is 2.88. The standard InChI is InChI=1S/C12H23N5O/c1-6-9(3)8-17(5)11-14-10(13-4)15-12(16-11)18-7-2/h9H,6-8H2,1-5H3,(H,13,14,15,16). The third kappa shape index (κ3) is 4.01. The summed E-state index contributed by atoms with van der Waals surface area (Å²) in [6.45, 7) is 7.75. The molecule has 18 heavy (non-hydrogen) atoms. The quantitative estimate of drug-likeness (QED) is 0.799. The summed E-state index contributed by atoms with van der Waals surface area (Å²) in [5.74, 6) is 1.76. The molecule has 0 saturated heterocycles. The van der Waals surface area contributed by atoms with Crippen molar-refractivity contribution in [2.75, 3.05) is 37.5 Å². The molecule has 0 fully saturated rings. The van der Waals surface area contributed by atoms with Crippen molar-refractivity contribution in [3.05, 3.63) is 0 Å². The fraction of sp³-hybridized carbons (Fsp3) is 0.750. The maximum absolute atomic E-state index is 5.34. The maximum Gasteiger partial charge on any atom is 0.323 e. The molecule has 0 aliphatic rings. The van der Waals surface area contributed by atoms with Crippen molar-refractivity contribution in [3.8, 4) is 6.01 Å². The van der Waals surface area contributed by atoms with Gasteiger partial charge >= 0.3 is 6.01 Å². The topological polar surface area (TPSA) is 63.2 Å². The van der Waals surface area contributed by atoms with Crippen LogP contribution in [-0.2, 0) is 0 Å². The van der Waals surface area contributed by atoms with Gasteiger partial charge in [0.1, 0.15) is 0 Å². The smallest absolute Gasteiger partial charge is 0.323 e. The molecule has 6 heteroatoms. The highest BCUT2D eigenvalue weighted by atomic mass is 16.5. The van der Waals surface area contributed by atoms with E-state index >= 15 is 0 Å². The molecular formula is C12H23N5O. The lowest BCUT2D eigenvalue weighted by atomic mass is 10.1. The van der Waals surface area contributed by atoms with Gasteiger partial charge < -0.3 is 15.0 Å². The van der Waals surface area contributed by atoms with Gasteiger partial charge in [-0.2, -0.15) is 15.0 Å². The number of hydrogen-bond acceptors (Lipinski definition) is 6. The summed E-state index contributed by atoms with van der Waals surface area (Å²) < 4.78 is 5.34. The number of aromatic nitrogens is 3. The Morgan fingerprint density at radius 1 is 1.28 bits per heavy atom. The number of rotatable bonds is 7. The molecule has 0 bridgehead atoms. The van der Waals surface area contributed by atoms with E-state index in [9.17, 15) is 0 Å². The lowest BCUT2D eigenvalue weighted by Crippen LogP contribution is -2.26. The van der Waals surface area contributed by atoms with E-state index in [0.717, 1.165) is 13.0 Å². The van der Waals surface area contributed by atoms with Crippen LogP contribution in [0.5, 0.6) is 6.01 Å². The van der Waals surface area contributed by atoms with Crippen LogP contribution in [0.25, 0.3) is 0 Å². The normalized spacial score (nSPS) is 12.1. The van der Waals surface area contributed by atoms with Crippen molar-refractivity contribution in [1.82, 2.24) is 15.0 Å². The predicted molar refractivity (Wildman–Crippen MR) is 73.3 cm³/mol. The number of nitrogens with one attached hydrogen (secondary N) is 1. The Kier molecular flexibility index (Phi) is 5.61. The second-order valence-corrected chi connectivity index (χ2v) is 4.32. The lowest BCUT2D eigenvalue weighted by Gasteiger charge is -2.21. The summed E-state index contributed by atoms with van der Waals surface area (Å²) in [6, 6.07) is 0.364. The minimum Gasteiger partial charge on any atom is -0.464 e. The fourth-order valence-electron chi connectivity index (χ4n) is 1.50. The summed E-state index contributed by atoms with van der Waals surface area (Å²) in [5, 5.41) is 2.92. The average Bonchev–Trinajstić information content (AvgIpc) is 2.38. The van der Waals surface area contributed by atoms with Crippen LogP contribution in [-0.4, -0.2) is 42.2 Å². The molecular weight excluding hydrogens is 230 g/mol. The van der Waals surface area contributed by atoms with Gasteiger partial charge in [0.2, 0.25) is 11.9 Å². The predicted octanol–water partition coefficient (Wildman–Crippen LogP) is 1.79. The van der Waals surface area contributed by atoms with E-state index in [1.165, 1.54) is 0 Å². The minimum atomic E-state index is 0.364. The minimum absolute atomic E-state index is 0.364. The Labute approximate surface area is 109 Å². The Bertz CT molecular complexity index is 371. The number of nitrogens with zero attached hydrogens (tertiary/aromatic N) is 4. The first-order valence-corrected chi connectivity index (χ1v) is 6.38. The molecule has 0 saturated carbocycles. The Hall–Kier alpha value is -1.59. The molecule has 0 aliphatic heterocycles. The zero-order valence-electron chi connectivity index (χ0n) is 11.9. The van der Waals surface area contributed by atoms with Gasteiger partial charge in [-0.1, -0.05) is 20.3 Å². The second-order valence-electron chi connectivity index (χ2n) is 4.32. The van der Waals surface area contributed by atoms with Gasteiger partial charge in [-0.15, -0.1) is 0 Å². The van der Waals surface area contributed by atoms with Crippen molar-refractivity contribution < 1.29 is 4.74 Å². The summed E-state index contributed by atoms with van der Waals surface area (Å²) in [5.41, 5.74) is 0. The number of hydrogen-bond donors (Lipinski definition) is 1. The van der Waals surface area contributed by atoms with Gasteiger partial charge in [0.15, 0.2) is 0 Å². The van der Waals surface area contributed by atoms with Crippen LogP contribution in [0.15, 0.2) is 0 Å². The van der Waals surface area contributed by atoms with E-state index in [2.05, 4.69) is 34.1 Å². The largest absolute Gasteiger partial charge is 0.464 e. The molecule has 1 aromatic heterocycles. The molecule has 0 aromatic carbocycles. The van der Waals surface area contributed by atoms with Gasteiger partial charge in [-0.25, -0.2) is 0 Å². The van der Waals surface area contributed by atoms with E-state index in [4.69, 9.17) is 4.74 Å². The molecule has 1 atom stereocenters. The van der Waals surface area contributed by atoms with Gasteiger partial charge in [0.25, 0.3) is 0 Å². The van der Waals surface area contributed by atoms with Gasteiger partial charge in [-0.05, 0) is 12.8 Å². The SMILES string of the molecule is CCOc1nc(NC)nc(N(C)CC(C)CC)n1. The fourth-order valence-corrected chi connectivity index (χ4v) is 1.50. The van der Waals surface area contributed by atoms with E-state index < -0.39 is 0 Å². The highest BCUT2D eigenvalue weighted by Crippen LogP contribution is 2.15. The zero-order chi connectivity index (χ0) is 13.5. The third-order valence-corrected chi connectivity index (χ3v) is 2.72. The zero-order valence-corrected chi connectivity index (χ0v) is 11.9. The lowest BCUT2D eigenvalue weighted by molar-refractivity contribution is 0.312. The monoisotopic (exact) mass is 253 g/mol. The molecule has 1 aromatic rings. The van der Waals surface area contributed by atoms with Crippen LogP contribution in [0, 0.1) is 5.92 Å². The van der Waals surface area contributed by atoms with Crippen LogP contribution in [0.1, 0.15) is 27.2 Å². The number of ether oxygens (including phenoxy) is 1. The molecule has 0 amide bonds. The molecule has 1 heterocycles. The third-order valence-electron chi connectivity index (χ3n) is 2.72. The van der Waals surface area contributed by atoms with Crippen molar-refractivity contribution in [1.29, 1.82) is 0 Å². The van der Waals surface area contributed by atoms with Crippen molar-refractivity contribution >= 4 is 11.9 Å². The van der Waals surface area contributed by atoms with Crippen LogP contribution >= 0.6 is 0 Å². The first-order chi connectivity index (χ1) is 8.60. The van der Waals surface area contributed by atoms with E-state index in [1.807, 2.05) is 18.9 Å². The maximum atomic E-state index is 5.34. The first kappa shape index (κ1) is 14.5. The molecule has 6 nitrogen and oxygen atoms in total. The highest BCUT2D eigenvalue weighted by Gasteiger charge is 2.12.